The fourth-order valence-electron chi connectivity index (χ4n) is 1.97. The van der Waals surface area contributed by atoms with Crippen LogP contribution in [0.15, 0.2) is 54.6 Å². The number of para-hydroxylation sites is 2. The molecule has 0 aromatic heterocycles. The topological polar surface area (TPSA) is 73.9 Å². The number of halogens is 2. The quantitative estimate of drug-likeness (QED) is 0.546. The highest BCUT2D eigenvalue weighted by Gasteiger charge is 2.17. The fourth-order valence-corrected chi connectivity index (χ4v) is 1.97. The number of hydrogen-bond donors (Lipinski definition) is 1. The Labute approximate surface area is 148 Å². The van der Waals surface area contributed by atoms with Crippen LogP contribution >= 0.6 is 0 Å². The predicted octanol–water partition coefficient (Wildman–Crippen LogP) is 2.64. The van der Waals surface area contributed by atoms with Crippen molar-refractivity contribution in [3.63, 3.8) is 0 Å². The van der Waals surface area contributed by atoms with E-state index in [0.29, 0.717) is 5.75 Å². The largest absolute Gasteiger partial charge is 0.492 e. The first kappa shape index (κ1) is 19.2. The van der Waals surface area contributed by atoms with Gasteiger partial charge >= 0.3 is 12.6 Å². The molecular weight excluding hydrogens is 348 g/mol. The SMILES string of the molecule is O=C(COC(=O)c1ccccc1OC(F)F)NCCOc1ccccc1. The maximum absolute atomic E-state index is 12.3. The fraction of sp³-hybridized carbons (Fsp3) is 0.222. The molecule has 6 nitrogen and oxygen atoms in total. The van der Waals surface area contributed by atoms with Crippen LogP contribution in [-0.2, 0) is 9.53 Å². The first-order valence-corrected chi connectivity index (χ1v) is 7.72. The molecule has 2 aromatic rings. The van der Waals surface area contributed by atoms with Crippen LogP contribution in [0.4, 0.5) is 8.78 Å². The predicted molar refractivity (Wildman–Crippen MR) is 88.3 cm³/mol. The highest BCUT2D eigenvalue weighted by molar-refractivity contribution is 5.93. The van der Waals surface area contributed by atoms with Gasteiger partial charge in [-0.05, 0) is 24.3 Å². The van der Waals surface area contributed by atoms with Crippen LogP contribution in [-0.4, -0.2) is 38.2 Å². The molecule has 0 saturated heterocycles. The van der Waals surface area contributed by atoms with E-state index < -0.39 is 25.1 Å². The molecule has 8 heteroatoms. The summed E-state index contributed by atoms with van der Waals surface area (Å²) >= 11 is 0. The van der Waals surface area contributed by atoms with E-state index in [0.717, 1.165) is 0 Å². The molecule has 0 aliphatic carbocycles. The Morgan fingerprint density at radius 3 is 2.42 bits per heavy atom. The Balaban J connectivity index is 1.72. The highest BCUT2D eigenvalue weighted by atomic mass is 19.3. The van der Waals surface area contributed by atoms with Crippen molar-refractivity contribution in [1.82, 2.24) is 5.32 Å². The third-order valence-corrected chi connectivity index (χ3v) is 3.09. The maximum Gasteiger partial charge on any atom is 0.387 e. The van der Waals surface area contributed by atoms with E-state index in [2.05, 4.69) is 10.1 Å². The van der Waals surface area contributed by atoms with Crippen LogP contribution in [0.5, 0.6) is 11.5 Å². The first-order valence-electron chi connectivity index (χ1n) is 7.72. The van der Waals surface area contributed by atoms with Gasteiger partial charge in [-0.15, -0.1) is 0 Å². The molecular formula is C18H17F2NO5. The second-order valence-electron chi connectivity index (χ2n) is 4.96. The summed E-state index contributed by atoms with van der Waals surface area (Å²) in [6.07, 6.45) is 0. The standard InChI is InChI=1S/C18H17F2NO5/c19-18(20)26-15-9-5-4-8-14(15)17(23)25-12-16(22)21-10-11-24-13-6-2-1-3-7-13/h1-9,18H,10-12H2,(H,21,22). The molecule has 1 N–H and O–H groups in total. The number of benzene rings is 2. The van der Waals surface area contributed by atoms with E-state index in [-0.39, 0.29) is 24.5 Å². The normalized spacial score (nSPS) is 10.3. The molecule has 2 aromatic carbocycles. The number of nitrogens with one attached hydrogen (secondary N) is 1. The number of hydrogen-bond acceptors (Lipinski definition) is 5. The van der Waals surface area contributed by atoms with Gasteiger partial charge in [-0.2, -0.15) is 8.78 Å². The lowest BCUT2D eigenvalue weighted by atomic mass is 10.2. The van der Waals surface area contributed by atoms with Crippen LogP contribution in [0.2, 0.25) is 0 Å². The number of carbonyl (C=O) groups excluding carboxylic acids is 2. The Hall–Kier alpha value is -3.16. The van der Waals surface area contributed by atoms with Crippen molar-refractivity contribution in [2.75, 3.05) is 19.8 Å². The van der Waals surface area contributed by atoms with Crippen LogP contribution < -0.4 is 14.8 Å². The van der Waals surface area contributed by atoms with Gasteiger partial charge in [0, 0.05) is 0 Å². The number of esters is 1. The average Bonchev–Trinajstić information content (AvgIpc) is 2.64. The number of ether oxygens (including phenoxy) is 3. The zero-order valence-electron chi connectivity index (χ0n) is 13.7. The van der Waals surface area contributed by atoms with Crippen molar-refractivity contribution < 1.29 is 32.6 Å². The number of rotatable bonds is 9. The smallest absolute Gasteiger partial charge is 0.387 e. The van der Waals surface area contributed by atoms with Crippen LogP contribution in [0, 0.1) is 0 Å². The van der Waals surface area contributed by atoms with E-state index in [4.69, 9.17) is 9.47 Å². The molecule has 0 atom stereocenters. The van der Waals surface area contributed by atoms with Gasteiger partial charge in [0.1, 0.15) is 23.7 Å². The van der Waals surface area contributed by atoms with Gasteiger partial charge in [-0.3, -0.25) is 4.79 Å². The summed E-state index contributed by atoms with van der Waals surface area (Å²) in [5.74, 6) is -1.12. The molecule has 1 amide bonds. The van der Waals surface area contributed by atoms with E-state index >= 15 is 0 Å². The Morgan fingerprint density at radius 1 is 1.00 bits per heavy atom. The Kier molecular flexibility index (Phi) is 7.35. The summed E-state index contributed by atoms with van der Waals surface area (Å²) in [5.41, 5.74) is -0.187. The summed E-state index contributed by atoms with van der Waals surface area (Å²) in [4.78, 5) is 23.6. The number of carbonyl (C=O) groups is 2. The van der Waals surface area contributed by atoms with Gasteiger partial charge in [0.15, 0.2) is 6.61 Å². The van der Waals surface area contributed by atoms with Crippen LogP contribution in [0.1, 0.15) is 10.4 Å². The average molecular weight is 365 g/mol. The molecule has 0 spiro atoms. The highest BCUT2D eigenvalue weighted by Crippen LogP contribution is 2.21. The van der Waals surface area contributed by atoms with Gasteiger partial charge in [-0.25, -0.2) is 4.79 Å². The minimum absolute atomic E-state index is 0.187. The van der Waals surface area contributed by atoms with Gasteiger partial charge in [0.2, 0.25) is 0 Å². The van der Waals surface area contributed by atoms with E-state index in [1.807, 2.05) is 18.2 Å². The van der Waals surface area contributed by atoms with Crippen LogP contribution in [0.25, 0.3) is 0 Å². The summed E-state index contributed by atoms with van der Waals surface area (Å²) in [7, 11) is 0. The number of alkyl halides is 2. The molecule has 0 heterocycles. The minimum Gasteiger partial charge on any atom is -0.492 e. The van der Waals surface area contributed by atoms with Crippen molar-refractivity contribution in [2.45, 2.75) is 6.61 Å². The molecule has 0 saturated carbocycles. The lowest BCUT2D eigenvalue weighted by molar-refractivity contribution is -0.124. The Morgan fingerprint density at radius 2 is 1.69 bits per heavy atom. The minimum atomic E-state index is -3.07. The zero-order valence-corrected chi connectivity index (χ0v) is 13.7. The molecule has 0 radical (unpaired) electrons. The monoisotopic (exact) mass is 365 g/mol. The molecule has 26 heavy (non-hydrogen) atoms. The third kappa shape index (κ3) is 6.39. The molecule has 0 aliphatic rings. The van der Waals surface area contributed by atoms with Gasteiger partial charge in [-0.1, -0.05) is 30.3 Å². The van der Waals surface area contributed by atoms with Crippen molar-refractivity contribution >= 4 is 11.9 Å². The summed E-state index contributed by atoms with van der Waals surface area (Å²) < 4.78 is 39.1. The van der Waals surface area contributed by atoms with E-state index in [1.54, 1.807) is 12.1 Å². The van der Waals surface area contributed by atoms with Gasteiger partial charge in [0.25, 0.3) is 5.91 Å². The van der Waals surface area contributed by atoms with E-state index in [1.165, 1.54) is 24.3 Å². The maximum atomic E-state index is 12.3. The molecule has 138 valence electrons. The molecule has 0 aliphatic heterocycles. The van der Waals surface area contributed by atoms with Crippen molar-refractivity contribution in [2.24, 2.45) is 0 Å². The molecule has 0 fully saturated rings. The number of amides is 1. The summed E-state index contributed by atoms with van der Waals surface area (Å²) in [6, 6.07) is 14.4. The third-order valence-electron chi connectivity index (χ3n) is 3.09. The van der Waals surface area contributed by atoms with Crippen molar-refractivity contribution in [3.05, 3.63) is 60.2 Å². The van der Waals surface area contributed by atoms with Crippen molar-refractivity contribution in [3.8, 4) is 11.5 Å². The zero-order chi connectivity index (χ0) is 18.8. The molecule has 2 rings (SSSR count). The second kappa shape index (κ2) is 9.97. The lowest BCUT2D eigenvalue weighted by Crippen LogP contribution is -2.32. The second-order valence-corrected chi connectivity index (χ2v) is 4.96. The molecule has 0 bridgehead atoms. The van der Waals surface area contributed by atoms with Crippen LogP contribution in [0.3, 0.4) is 0 Å². The lowest BCUT2D eigenvalue weighted by Gasteiger charge is -2.11. The van der Waals surface area contributed by atoms with Gasteiger partial charge < -0.3 is 19.5 Å². The van der Waals surface area contributed by atoms with E-state index in [9.17, 15) is 18.4 Å². The summed E-state index contributed by atoms with van der Waals surface area (Å²) in [6.45, 7) is -3.16. The van der Waals surface area contributed by atoms with Gasteiger partial charge in [0.05, 0.1) is 6.54 Å². The Bertz CT molecular complexity index is 725. The summed E-state index contributed by atoms with van der Waals surface area (Å²) in [5, 5.41) is 2.51. The molecule has 0 unspecified atom stereocenters. The van der Waals surface area contributed by atoms with Crippen molar-refractivity contribution in [1.29, 1.82) is 0 Å². The first-order chi connectivity index (χ1) is 12.6.